The van der Waals surface area contributed by atoms with Gasteiger partial charge in [-0.25, -0.2) is 0 Å². The zero-order chi connectivity index (χ0) is 19.9. The van der Waals surface area contributed by atoms with Gasteiger partial charge in [-0.15, -0.1) is 0 Å². The number of anilines is 1. The minimum absolute atomic E-state index is 0.193. The van der Waals surface area contributed by atoms with Crippen LogP contribution in [-0.2, 0) is 6.54 Å². The molecule has 3 rings (SSSR count). The van der Waals surface area contributed by atoms with Gasteiger partial charge in [0.05, 0.1) is 6.54 Å². The van der Waals surface area contributed by atoms with Gasteiger partial charge in [0.25, 0.3) is 5.91 Å². The summed E-state index contributed by atoms with van der Waals surface area (Å²) in [6, 6.07) is 12.7. The molecule has 28 heavy (non-hydrogen) atoms. The number of rotatable bonds is 7. The molecule has 2 aromatic heterocycles. The summed E-state index contributed by atoms with van der Waals surface area (Å²) >= 11 is 1.58. The van der Waals surface area contributed by atoms with Crippen molar-refractivity contribution in [3.63, 3.8) is 0 Å². The first-order valence-corrected chi connectivity index (χ1v) is 9.61. The zero-order valence-electron chi connectivity index (χ0n) is 15.4. The molecule has 1 aromatic carbocycles. The Kier molecular flexibility index (Phi) is 6.18. The summed E-state index contributed by atoms with van der Waals surface area (Å²) in [7, 11) is 0. The van der Waals surface area contributed by atoms with E-state index in [4.69, 9.17) is 15.9 Å². The topological polar surface area (TPSA) is 106 Å². The third kappa shape index (κ3) is 5.28. The molecule has 0 atom stereocenters. The number of benzene rings is 1. The van der Waals surface area contributed by atoms with E-state index in [1.165, 1.54) is 0 Å². The number of thiophene rings is 1. The molecular formula is C21H22N4O2S. The van der Waals surface area contributed by atoms with Crippen LogP contribution in [0, 0.1) is 6.92 Å². The monoisotopic (exact) mass is 394 g/mol. The fourth-order valence-corrected chi connectivity index (χ4v) is 3.17. The molecule has 6 nitrogen and oxygen atoms in total. The van der Waals surface area contributed by atoms with Crippen LogP contribution in [0.4, 0.5) is 5.69 Å². The molecule has 0 spiro atoms. The summed E-state index contributed by atoms with van der Waals surface area (Å²) < 4.78 is 5.45. The van der Waals surface area contributed by atoms with E-state index in [0.717, 1.165) is 11.3 Å². The summed E-state index contributed by atoms with van der Waals surface area (Å²) in [5.74, 6) is 1.75. The van der Waals surface area contributed by atoms with Crippen molar-refractivity contribution in [2.75, 3.05) is 5.32 Å². The second-order valence-electron chi connectivity index (χ2n) is 6.16. The van der Waals surface area contributed by atoms with Gasteiger partial charge in [-0.05, 0) is 66.2 Å². The highest BCUT2D eigenvalue weighted by Gasteiger charge is 2.07. The van der Waals surface area contributed by atoms with E-state index in [9.17, 15) is 4.79 Å². The lowest BCUT2D eigenvalue weighted by atomic mass is 10.2. The van der Waals surface area contributed by atoms with Crippen LogP contribution in [0.3, 0.4) is 0 Å². The van der Waals surface area contributed by atoms with Crippen molar-refractivity contribution in [1.29, 1.82) is 0 Å². The van der Waals surface area contributed by atoms with Crippen molar-refractivity contribution in [3.8, 4) is 0 Å². The number of aryl methyl sites for hydroxylation is 1. The summed E-state index contributed by atoms with van der Waals surface area (Å²) in [6.07, 6.45) is 3.44. The van der Waals surface area contributed by atoms with Crippen LogP contribution in [0.1, 0.15) is 27.4 Å². The Morgan fingerprint density at radius 2 is 2.00 bits per heavy atom. The van der Waals surface area contributed by atoms with E-state index in [1.807, 2.05) is 41.9 Å². The largest absolute Gasteiger partial charge is 0.465 e. The predicted octanol–water partition coefficient (Wildman–Crippen LogP) is 3.79. The molecule has 0 fully saturated rings. The zero-order valence-corrected chi connectivity index (χ0v) is 16.3. The highest BCUT2D eigenvalue weighted by atomic mass is 32.1. The van der Waals surface area contributed by atoms with E-state index >= 15 is 0 Å². The minimum atomic E-state index is -0.193. The maximum atomic E-state index is 12.4. The first-order valence-electron chi connectivity index (χ1n) is 8.67. The quantitative estimate of drug-likeness (QED) is 0.456. The second kappa shape index (κ2) is 8.96. The van der Waals surface area contributed by atoms with Crippen LogP contribution in [0.15, 0.2) is 75.6 Å². The SMILES string of the molecule is Cc1ccc(CNC(=O)c2cccc(N/C(N)=C/C=C(\N)c3ccsc3)c2)o1. The average Bonchev–Trinajstić information content (AvgIpc) is 3.36. The Bertz CT molecular complexity index is 1000. The van der Waals surface area contributed by atoms with Gasteiger partial charge in [-0.3, -0.25) is 4.79 Å². The molecule has 3 aromatic rings. The van der Waals surface area contributed by atoms with Gasteiger partial charge in [0.1, 0.15) is 17.3 Å². The van der Waals surface area contributed by atoms with E-state index in [0.29, 0.717) is 35.1 Å². The second-order valence-corrected chi connectivity index (χ2v) is 6.94. The van der Waals surface area contributed by atoms with Crippen molar-refractivity contribution >= 4 is 28.6 Å². The summed E-state index contributed by atoms with van der Waals surface area (Å²) in [5, 5.41) is 9.82. The van der Waals surface area contributed by atoms with Crippen LogP contribution >= 0.6 is 11.3 Å². The van der Waals surface area contributed by atoms with Gasteiger partial charge in [0, 0.05) is 22.5 Å². The number of hydrogen-bond acceptors (Lipinski definition) is 6. The minimum Gasteiger partial charge on any atom is -0.465 e. The first-order chi connectivity index (χ1) is 13.5. The van der Waals surface area contributed by atoms with E-state index < -0.39 is 0 Å². The molecule has 0 bridgehead atoms. The Hall–Kier alpha value is -3.45. The van der Waals surface area contributed by atoms with Crippen LogP contribution in [0.2, 0.25) is 0 Å². The number of nitrogens with two attached hydrogens (primary N) is 2. The molecule has 0 saturated heterocycles. The fraction of sp³-hybridized carbons (Fsp3) is 0.0952. The molecule has 0 unspecified atom stereocenters. The van der Waals surface area contributed by atoms with Crippen molar-refractivity contribution in [3.05, 3.63) is 93.8 Å². The molecule has 144 valence electrons. The van der Waals surface area contributed by atoms with Gasteiger partial charge >= 0.3 is 0 Å². The number of hydrogen-bond donors (Lipinski definition) is 4. The summed E-state index contributed by atoms with van der Waals surface area (Å²) in [6.45, 7) is 2.20. The summed E-state index contributed by atoms with van der Waals surface area (Å²) in [4.78, 5) is 12.4. The maximum Gasteiger partial charge on any atom is 0.251 e. The number of carbonyl (C=O) groups excluding carboxylic acids is 1. The highest BCUT2D eigenvalue weighted by Crippen LogP contribution is 2.15. The van der Waals surface area contributed by atoms with Crippen LogP contribution < -0.4 is 22.1 Å². The Morgan fingerprint density at radius 1 is 1.14 bits per heavy atom. The number of amides is 1. The van der Waals surface area contributed by atoms with E-state index in [2.05, 4.69) is 10.6 Å². The number of allylic oxidation sites excluding steroid dienone is 2. The number of furan rings is 1. The van der Waals surface area contributed by atoms with Gasteiger partial charge in [-0.2, -0.15) is 11.3 Å². The van der Waals surface area contributed by atoms with Gasteiger partial charge < -0.3 is 26.5 Å². The van der Waals surface area contributed by atoms with E-state index in [-0.39, 0.29) is 5.91 Å². The lowest BCUT2D eigenvalue weighted by molar-refractivity contribution is 0.0948. The van der Waals surface area contributed by atoms with Crippen molar-refractivity contribution in [1.82, 2.24) is 5.32 Å². The van der Waals surface area contributed by atoms with Gasteiger partial charge in [-0.1, -0.05) is 6.07 Å². The maximum absolute atomic E-state index is 12.4. The predicted molar refractivity (Wildman–Crippen MR) is 113 cm³/mol. The number of carbonyl (C=O) groups is 1. The molecule has 0 aliphatic carbocycles. The Labute approximate surface area is 167 Å². The van der Waals surface area contributed by atoms with Crippen molar-refractivity contribution < 1.29 is 9.21 Å². The normalized spacial score (nSPS) is 12.0. The molecule has 0 aliphatic rings. The molecule has 0 radical (unpaired) electrons. The molecule has 7 heteroatoms. The number of nitrogens with one attached hydrogen (secondary N) is 2. The third-order valence-corrected chi connectivity index (χ3v) is 4.61. The standard InChI is InChI=1S/C21H22N4O2S/c1-14-5-6-18(27-14)12-24-21(26)15-3-2-4-17(11-15)25-20(23)8-7-19(22)16-9-10-28-13-16/h2-11,13,25H,12,22-23H2,1H3,(H,24,26)/b19-7-,20-8+. The van der Waals surface area contributed by atoms with Crippen LogP contribution in [0.5, 0.6) is 0 Å². The van der Waals surface area contributed by atoms with Crippen molar-refractivity contribution in [2.45, 2.75) is 13.5 Å². The van der Waals surface area contributed by atoms with Crippen LogP contribution in [0.25, 0.3) is 5.70 Å². The first kappa shape index (κ1) is 19.3. The molecule has 0 saturated carbocycles. The van der Waals surface area contributed by atoms with Crippen LogP contribution in [-0.4, -0.2) is 5.91 Å². The van der Waals surface area contributed by atoms with E-state index in [1.54, 1.807) is 41.7 Å². The lowest BCUT2D eigenvalue weighted by Crippen LogP contribution is -2.22. The smallest absolute Gasteiger partial charge is 0.251 e. The third-order valence-electron chi connectivity index (χ3n) is 3.93. The summed E-state index contributed by atoms with van der Waals surface area (Å²) in [5.41, 5.74) is 14.8. The van der Waals surface area contributed by atoms with Crippen molar-refractivity contribution in [2.24, 2.45) is 11.5 Å². The molecule has 2 heterocycles. The molecule has 1 amide bonds. The van der Waals surface area contributed by atoms with Gasteiger partial charge in [0.15, 0.2) is 0 Å². The molecular weight excluding hydrogens is 372 g/mol. The van der Waals surface area contributed by atoms with Gasteiger partial charge in [0.2, 0.25) is 0 Å². The Morgan fingerprint density at radius 3 is 2.71 bits per heavy atom. The molecule has 0 aliphatic heterocycles. The molecule has 6 N–H and O–H groups in total. The highest BCUT2D eigenvalue weighted by molar-refractivity contribution is 7.08. The lowest BCUT2D eigenvalue weighted by Gasteiger charge is -2.09. The Balaban J connectivity index is 1.61. The fourth-order valence-electron chi connectivity index (χ4n) is 2.50. The average molecular weight is 395 g/mol.